The lowest BCUT2D eigenvalue weighted by Gasteiger charge is -2.21. The fraction of sp³-hybridized carbons (Fsp3) is 0.409. The lowest BCUT2D eigenvalue weighted by atomic mass is 9.87. The lowest BCUT2D eigenvalue weighted by molar-refractivity contribution is -0.118. The highest BCUT2D eigenvalue weighted by Crippen LogP contribution is 2.24. The van der Waals surface area contributed by atoms with E-state index in [0.717, 1.165) is 0 Å². The summed E-state index contributed by atoms with van der Waals surface area (Å²) in [5.74, 6) is 0.297. The summed E-state index contributed by atoms with van der Waals surface area (Å²) >= 11 is 0. The molecular formula is C22H30N2O4S. The number of hydrogen-bond acceptors (Lipinski definition) is 4. The molecule has 0 fully saturated rings. The maximum absolute atomic E-state index is 12.5. The maximum Gasteiger partial charge on any atom is 0.262 e. The largest absolute Gasteiger partial charge is 0.484 e. The van der Waals surface area contributed by atoms with Crippen LogP contribution in [-0.4, -0.2) is 38.3 Å². The first kappa shape index (κ1) is 22.9. The molecule has 0 aliphatic heterocycles. The Morgan fingerprint density at radius 1 is 1.03 bits per heavy atom. The first-order valence-electron chi connectivity index (χ1n) is 9.52. The van der Waals surface area contributed by atoms with Gasteiger partial charge in [0.25, 0.3) is 5.91 Å². The SMILES string of the molecule is CC(C)N(C)S(=O)(=O)c1ccc(NC(=O)COc2ccc(C(C)(C)C)cc2)cc1. The van der Waals surface area contributed by atoms with Crippen LogP contribution >= 0.6 is 0 Å². The number of ether oxygens (including phenoxy) is 1. The third-order valence-corrected chi connectivity index (χ3v) is 6.68. The van der Waals surface area contributed by atoms with Crippen LogP contribution in [0.1, 0.15) is 40.2 Å². The minimum Gasteiger partial charge on any atom is -0.484 e. The van der Waals surface area contributed by atoms with Crippen molar-refractivity contribution in [2.24, 2.45) is 0 Å². The molecule has 2 rings (SSSR count). The van der Waals surface area contributed by atoms with E-state index >= 15 is 0 Å². The van der Waals surface area contributed by atoms with Crippen molar-refractivity contribution in [2.75, 3.05) is 19.0 Å². The first-order valence-corrected chi connectivity index (χ1v) is 11.0. The summed E-state index contributed by atoms with van der Waals surface area (Å²) in [6, 6.07) is 13.6. The predicted octanol–water partition coefficient (Wildman–Crippen LogP) is 4.03. The van der Waals surface area contributed by atoms with E-state index in [1.54, 1.807) is 19.2 Å². The Morgan fingerprint density at radius 3 is 2.07 bits per heavy atom. The highest BCUT2D eigenvalue weighted by molar-refractivity contribution is 7.89. The van der Waals surface area contributed by atoms with Crippen LogP contribution in [0.15, 0.2) is 53.4 Å². The summed E-state index contributed by atoms with van der Waals surface area (Å²) in [6.45, 7) is 9.88. The zero-order valence-electron chi connectivity index (χ0n) is 17.9. The van der Waals surface area contributed by atoms with Gasteiger partial charge in [0.15, 0.2) is 6.61 Å². The second-order valence-electron chi connectivity index (χ2n) is 8.25. The highest BCUT2D eigenvalue weighted by atomic mass is 32.2. The van der Waals surface area contributed by atoms with Crippen molar-refractivity contribution >= 4 is 21.6 Å². The number of nitrogens with zero attached hydrogens (tertiary/aromatic N) is 1. The third-order valence-electron chi connectivity index (χ3n) is 4.63. The maximum atomic E-state index is 12.5. The number of hydrogen-bond donors (Lipinski definition) is 1. The number of anilines is 1. The summed E-state index contributed by atoms with van der Waals surface area (Å²) < 4.78 is 31.8. The average Bonchev–Trinajstić information content (AvgIpc) is 2.65. The van der Waals surface area contributed by atoms with Crippen molar-refractivity contribution in [2.45, 2.75) is 51.0 Å². The van der Waals surface area contributed by atoms with E-state index in [0.29, 0.717) is 11.4 Å². The van der Waals surface area contributed by atoms with Crippen molar-refractivity contribution in [3.05, 3.63) is 54.1 Å². The van der Waals surface area contributed by atoms with Crippen molar-refractivity contribution < 1.29 is 17.9 Å². The van der Waals surface area contributed by atoms with Gasteiger partial charge < -0.3 is 10.1 Å². The minimum absolute atomic E-state index is 0.0551. The van der Waals surface area contributed by atoms with Crippen LogP contribution in [0.25, 0.3) is 0 Å². The van der Waals surface area contributed by atoms with Gasteiger partial charge in [0.2, 0.25) is 10.0 Å². The molecule has 0 atom stereocenters. The van der Waals surface area contributed by atoms with Crippen molar-refractivity contribution in [1.82, 2.24) is 4.31 Å². The second kappa shape index (κ2) is 8.97. The van der Waals surface area contributed by atoms with E-state index in [2.05, 4.69) is 26.1 Å². The molecule has 7 heteroatoms. The molecule has 2 aromatic carbocycles. The van der Waals surface area contributed by atoms with E-state index in [4.69, 9.17) is 4.74 Å². The normalized spacial score (nSPS) is 12.3. The summed E-state index contributed by atoms with van der Waals surface area (Å²) in [7, 11) is -2.01. The van der Waals surface area contributed by atoms with Gasteiger partial charge in [-0.05, 0) is 61.2 Å². The Balaban J connectivity index is 1.94. The van der Waals surface area contributed by atoms with Gasteiger partial charge in [-0.25, -0.2) is 8.42 Å². The molecule has 0 saturated heterocycles. The van der Waals surface area contributed by atoms with E-state index in [1.807, 2.05) is 38.1 Å². The Hall–Kier alpha value is -2.38. The van der Waals surface area contributed by atoms with Gasteiger partial charge in [0.05, 0.1) is 4.90 Å². The van der Waals surface area contributed by atoms with Crippen LogP contribution in [-0.2, 0) is 20.2 Å². The quantitative estimate of drug-likeness (QED) is 0.737. The van der Waals surface area contributed by atoms with Crippen molar-refractivity contribution in [3.8, 4) is 5.75 Å². The molecule has 0 bridgehead atoms. The molecular weight excluding hydrogens is 388 g/mol. The zero-order chi connectivity index (χ0) is 21.8. The topological polar surface area (TPSA) is 75.7 Å². The molecule has 0 aliphatic rings. The molecule has 0 saturated carbocycles. The number of nitrogens with one attached hydrogen (secondary N) is 1. The fourth-order valence-corrected chi connectivity index (χ4v) is 3.92. The second-order valence-corrected chi connectivity index (χ2v) is 10.2. The van der Waals surface area contributed by atoms with Crippen LogP contribution in [0.4, 0.5) is 5.69 Å². The zero-order valence-corrected chi connectivity index (χ0v) is 18.7. The third kappa shape index (κ3) is 6.05. The van der Waals surface area contributed by atoms with E-state index in [9.17, 15) is 13.2 Å². The van der Waals surface area contributed by atoms with E-state index < -0.39 is 10.0 Å². The van der Waals surface area contributed by atoms with Crippen molar-refractivity contribution in [3.63, 3.8) is 0 Å². The lowest BCUT2D eigenvalue weighted by Crippen LogP contribution is -2.33. The molecule has 0 heterocycles. The van der Waals surface area contributed by atoms with Gasteiger partial charge in [-0.15, -0.1) is 0 Å². The van der Waals surface area contributed by atoms with Crippen molar-refractivity contribution in [1.29, 1.82) is 0 Å². The number of sulfonamides is 1. The Kier molecular flexibility index (Phi) is 7.08. The predicted molar refractivity (Wildman–Crippen MR) is 116 cm³/mol. The number of benzene rings is 2. The van der Waals surface area contributed by atoms with E-state index in [-0.39, 0.29) is 28.9 Å². The summed E-state index contributed by atoms with van der Waals surface area (Å²) in [5, 5.41) is 2.71. The first-order chi connectivity index (χ1) is 13.4. The number of amides is 1. The fourth-order valence-electron chi connectivity index (χ4n) is 2.55. The molecule has 6 nitrogen and oxygen atoms in total. The molecule has 1 amide bonds. The molecule has 0 aromatic heterocycles. The summed E-state index contributed by atoms with van der Waals surface area (Å²) in [5.41, 5.74) is 1.75. The molecule has 2 aromatic rings. The van der Waals surface area contributed by atoms with Crippen LogP contribution in [0, 0.1) is 0 Å². The van der Waals surface area contributed by atoms with Gasteiger partial charge >= 0.3 is 0 Å². The highest BCUT2D eigenvalue weighted by Gasteiger charge is 2.22. The van der Waals surface area contributed by atoms with Crippen LogP contribution < -0.4 is 10.1 Å². The molecule has 0 unspecified atom stereocenters. The Labute approximate surface area is 173 Å². The minimum atomic E-state index is -3.55. The average molecular weight is 419 g/mol. The van der Waals surface area contributed by atoms with E-state index in [1.165, 1.54) is 22.0 Å². The van der Waals surface area contributed by atoms with Crippen LogP contribution in [0.2, 0.25) is 0 Å². The standard InChI is InChI=1S/C22H30N2O4S/c1-16(2)24(6)29(26,27)20-13-9-18(10-14-20)23-21(25)15-28-19-11-7-17(8-12-19)22(3,4)5/h7-14,16H,15H2,1-6H3,(H,23,25). The van der Waals surface area contributed by atoms with Gasteiger partial charge in [0.1, 0.15) is 5.75 Å². The monoisotopic (exact) mass is 418 g/mol. The Bertz CT molecular complexity index is 928. The Morgan fingerprint density at radius 2 is 1.59 bits per heavy atom. The number of rotatable bonds is 7. The molecule has 29 heavy (non-hydrogen) atoms. The molecule has 0 radical (unpaired) electrons. The molecule has 0 aliphatic carbocycles. The van der Waals surface area contributed by atoms with Crippen LogP contribution in [0.5, 0.6) is 5.75 Å². The van der Waals surface area contributed by atoms with Gasteiger partial charge in [-0.3, -0.25) is 4.79 Å². The van der Waals surface area contributed by atoms with Gasteiger partial charge in [-0.2, -0.15) is 4.31 Å². The molecule has 158 valence electrons. The van der Waals surface area contributed by atoms with Gasteiger partial charge in [-0.1, -0.05) is 32.9 Å². The number of carbonyl (C=O) groups excluding carboxylic acids is 1. The molecule has 1 N–H and O–H groups in total. The number of carbonyl (C=O) groups is 1. The van der Waals surface area contributed by atoms with Gasteiger partial charge in [0, 0.05) is 18.8 Å². The van der Waals surface area contributed by atoms with Crippen LogP contribution in [0.3, 0.4) is 0 Å². The molecule has 0 spiro atoms. The summed E-state index contributed by atoms with van der Waals surface area (Å²) in [4.78, 5) is 12.3. The smallest absolute Gasteiger partial charge is 0.262 e. The summed E-state index contributed by atoms with van der Waals surface area (Å²) in [6.07, 6.45) is 0.